The fraction of sp³-hybridized carbons (Fsp3) is 0.645. The molecule has 5 rings (SSSR count). The zero-order valence-electron chi connectivity index (χ0n) is 23.6. The van der Waals surface area contributed by atoms with E-state index in [4.69, 9.17) is 20.7 Å². The van der Waals surface area contributed by atoms with Gasteiger partial charge in [-0.3, -0.25) is 14.6 Å². The molecule has 38 heavy (non-hydrogen) atoms. The number of aliphatic hydroxyl groups excluding tert-OH is 1. The lowest BCUT2D eigenvalue weighted by Gasteiger charge is -2.57. The molecule has 1 aromatic rings. The zero-order chi connectivity index (χ0) is 28.3. The lowest BCUT2D eigenvalue weighted by molar-refractivity contribution is -0.139. The maximum absolute atomic E-state index is 10.2. The number of nitrogens with two attached hydrogens (primary N) is 1. The van der Waals surface area contributed by atoms with Crippen LogP contribution in [0.1, 0.15) is 85.1 Å². The number of nitrogens with zero attached hydrogens (tertiary/aromatic N) is 1. The van der Waals surface area contributed by atoms with Crippen molar-refractivity contribution in [1.82, 2.24) is 4.98 Å². The molecular weight excluding hydrogens is 480 g/mol. The molecule has 0 unspecified atom stereocenters. The number of carbonyl (C=O) groups is 2. The van der Waals surface area contributed by atoms with E-state index in [1.807, 2.05) is 12.4 Å². The van der Waals surface area contributed by atoms with Crippen LogP contribution in [-0.2, 0) is 9.59 Å². The third-order valence-electron chi connectivity index (χ3n) is 9.63. The molecule has 7 atom stereocenters. The smallest absolute Gasteiger partial charge is 0.320 e. The Bertz CT molecular complexity index is 1050. The van der Waals surface area contributed by atoms with Crippen molar-refractivity contribution in [3.63, 3.8) is 0 Å². The SMILES string of the molecule is CC(=O)O.CC(C)[C@H](N)C(=O)O.C[C@]12CC[C@H](O)CC1=CC[C@@H]1[C@@H]2CC[C@]2(C)C(c3cccnc3)=CC[C@@H]12. The second-order valence-electron chi connectivity index (χ2n) is 12.3. The average Bonchev–Trinajstić information content (AvgIpc) is 3.21. The highest BCUT2D eigenvalue weighted by atomic mass is 16.4. The number of hydrogen-bond donors (Lipinski definition) is 4. The van der Waals surface area contributed by atoms with Crippen LogP contribution in [0.3, 0.4) is 0 Å². The van der Waals surface area contributed by atoms with Crippen LogP contribution >= 0.6 is 0 Å². The number of aliphatic hydroxyl groups is 1. The third-order valence-corrected chi connectivity index (χ3v) is 9.63. The van der Waals surface area contributed by atoms with Gasteiger partial charge in [0.1, 0.15) is 6.04 Å². The predicted octanol–water partition coefficient (Wildman–Crippen LogP) is 5.54. The molecule has 7 heteroatoms. The lowest BCUT2D eigenvalue weighted by atomic mass is 9.47. The summed E-state index contributed by atoms with van der Waals surface area (Å²) in [5, 5.41) is 25.8. The molecule has 7 nitrogen and oxygen atoms in total. The van der Waals surface area contributed by atoms with E-state index < -0.39 is 18.0 Å². The van der Waals surface area contributed by atoms with Gasteiger partial charge in [-0.25, -0.2) is 0 Å². The third kappa shape index (κ3) is 6.20. The summed E-state index contributed by atoms with van der Waals surface area (Å²) >= 11 is 0. The van der Waals surface area contributed by atoms with Gasteiger partial charge in [0.15, 0.2) is 0 Å². The molecule has 0 spiro atoms. The van der Waals surface area contributed by atoms with Crippen molar-refractivity contribution >= 4 is 17.5 Å². The maximum Gasteiger partial charge on any atom is 0.320 e. The number of aliphatic carboxylic acids is 2. The van der Waals surface area contributed by atoms with E-state index in [1.165, 1.54) is 37.7 Å². The van der Waals surface area contributed by atoms with Crippen molar-refractivity contribution < 1.29 is 24.9 Å². The van der Waals surface area contributed by atoms with Crippen LogP contribution in [0.25, 0.3) is 5.57 Å². The van der Waals surface area contributed by atoms with E-state index in [0.29, 0.717) is 10.8 Å². The first kappa shape index (κ1) is 30.0. The fourth-order valence-electron chi connectivity index (χ4n) is 7.46. The molecule has 0 amide bonds. The minimum Gasteiger partial charge on any atom is -0.481 e. The Hall–Kier alpha value is -2.51. The Morgan fingerprint density at radius 2 is 1.71 bits per heavy atom. The molecule has 5 N–H and O–H groups in total. The molecule has 0 saturated heterocycles. The first-order valence-corrected chi connectivity index (χ1v) is 14.0. The molecule has 1 aromatic heterocycles. The van der Waals surface area contributed by atoms with Crippen LogP contribution in [0.4, 0.5) is 0 Å². The Labute approximate surface area is 227 Å². The number of carboxylic acids is 2. The van der Waals surface area contributed by atoms with Crippen LogP contribution in [0.5, 0.6) is 0 Å². The van der Waals surface area contributed by atoms with Crippen molar-refractivity contribution in [2.45, 2.75) is 91.7 Å². The van der Waals surface area contributed by atoms with Crippen molar-refractivity contribution in [2.24, 2.45) is 40.2 Å². The molecule has 0 bridgehead atoms. The van der Waals surface area contributed by atoms with Crippen molar-refractivity contribution in [3.8, 4) is 0 Å². The first-order chi connectivity index (χ1) is 17.8. The summed E-state index contributed by atoms with van der Waals surface area (Å²) in [5.41, 5.74) is 10.2. The molecule has 210 valence electrons. The number of fused-ring (bicyclic) bond motifs is 5. The molecule has 2 fully saturated rings. The van der Waals surface area contributed by atoms with Crippen LogP contribution in [0.15, 0.2) is 42.3 Å². The highest BCUT2D eigenvalue weighted by Gasteiger charge is 2.56. The van der Waals surface area contributed by atoms with E-state index in [1.54, 1.807) is 25.0 Å². The predicted molar refractivity (Wildman–Crippen MR) is 149 cm³/mol. The molecule has 0 aliphatic heterocycles. The summed E-state index contributed by atoms with van der Waals surface area (Å²) in [6.07, 6.45) is 17.0. The average molecular weight is 527 g/mol. The normalized spacial score (nSPS) is 34.0. The Morgan fingerprint density at radius 1 is 1.05 bits per heavy atom. The standard InChI is InChI=1S/C24H31NO.C5H11NO2.C2H4O2/c1-23-11-9-18(26)14-17(23)5-6-19-21-8-7-20(16-4-3-13-25-15-16)24(21,2)12-10-22(19)23;1-3(2)4(6)5(7)8;1-2(3)4/h3-5,7,13,15,18-19,21-22,26H,6,8-12,14H2,1-2H3;3-4H,6H2,1-2H3,(H,7,8);1H3,(H,3,4)/t18-,19-,21-,22-,23-,24+;4-;/m00./s1. The number of pyridine rings is 1. The van der Waals surface area contributed by atoms with Gasteiger partial charge in [0, 0.05) is 19.3 Å². The zero-order valence-corrected chi connectivity index (χ0v) is 23.6. The molecule has 2 saturated carbocycles. The topological polar surface area (TPSA) is 134 Å². The highest BCUT2D eigenvalue weighted by molar-refractivity contribution is 5.73. The Morgan fingerprint density at radius 3 is 2.26 bits per heavy atom. The second-order valence-corrected chi connectivity index (χ2v) is 12.3. The summed E-state index contributed by atoms with van der Waals surface area (Å²) < 4.78 is 0. The van der Waals surface area contributed by atoms with Gasteiger partial charge in [-0.15, -0.1) is 0 Å². The summed E-state index contributed by atoms with van der Waals surface area (Å²) in [7, 11) is 0. The highest BCUT2D eigenvalue weighted by Crippen LogP contribution is 2.66. The van der Waals surface area contributed by atoms with Crippen LogP contribution in [0, 0.1) is 34.5 Å². The van der Waals surface area contributed by atoms with E-state index in [9.17, 15) is 9.90 Å². The maximum atomic E-state index is 10.2. The first-order valence-electron chi connectivity index (χ1n) is 14.0. The molecule has 4 aliphatic rings. The van der Waals surface area contributed by atoms with E-state index in [0.717, 1.165) is 37.5 Å². The summed E-state index contributed by atoms with van der Waals surface area (Å²) in [5.74, 6) is 0.614. The van der Waals surface area contributed by atoms with Crippen LogP contribution in [-0.4, -0.2) is 44.4 Å². The molecule has 1 heterocycles. The van der Waals surface area contributed by atoms with Gasteiger partial charge >= 0.3 is 5.97 Å². The number of hydrogen-bond acceptors (Lipinski definition) is 5. The largest absolute Gasteiger partial charge is 0.481 e. The Balaban J connectivity index is 0.000000282. The van der Waals surface area contributed by atoms with Crippen molar-refractivity contribution in [2.75, 3.05) is 0 Å². The monoisotopic (exact) mass is 526 g/mol. The van der Waals surface area contributed by atoms with E-state index in [2.05, 4.69) is 43.1 Å². The molecular formula is C31H46N2O5. The Kier molecular flexibility index (Phi) is 9.58. The summed E-state index contributed by atoms with van der Waals surface area (Å²) in [4.78, 5) is 23.4. The van der Waals surface area contributed by atoms with Crippen LogP contribution in [0.2, 0.25) is 0 Å². The number of rotatable bonds is 3. The van der Waals surface area contributed by atoms with Gasteiger partial charge < -0.3 is 21.1 Å². The van der Waals surface area contributed by atoms with Gasteiger partial charge in [-0.1, -0.05) is 51.5 Å². The molecule has 0 aromatic carbocycles. The van der Waals surface area contributed by atoms with E-state index >= 15 is 0 Å². The van der Waals surface area contributed by atoms with E-state index in [-0.39, 0.29) is 12.0 Å². The van der Waals surface area contributed by atoms with Gasteiger partial charge in [0.25, 0.3) is 5.97 Å². The fourth-order valence-corrected chi connectivity index (χ4v) is 7.46. The van der Waals surface area contributed by atoms with Gasteiger partial charge in [0.2, 0.25) is 0 Å². The molecule has 4 aliphatic carbocycles. The molecule has 0 radical (unpaired) electrons. The van der Waals surface area contributed by atoms with Crippen LogP contribution < -0.4 is 5.73 Å². The number of aromatic nitrogens is 1. The van der Waals surface area contributed by atoms with Crippen molar-refractivity contribution in [1.29, 1.82) is 0 Å². The van der Waals surface area contributed by atoms with Crippen molar-refractivity contribution in [3.05, 3.63) is 47.8 Å². The van der Waals surface area contributed by atoms with Gasteiger partial charge in [0.05, 0.1) is 6.10 Å². The van der Waals surface area contributed by atoms with Gasteiger partial charge in [-0.05, 0) is 96.7 Å². The quantitative estimate of drug-likeness (QED) is 0.380. The minimum atomic E-state index is -0.931. The second kappa shape index (κ2) is 12.1. The van der Waals surface area contributed by atoms with Gasteiger partial charge in [-0.2, -0.15) is 0 Å². The summed E-state index contributed by atoms with van der Waals surface area (Å²) in [6.45, 7) is 9.66. The summed E-state index contributed by atoms with van der Waals surface area (Å²) in [6, 6.07) is 3.60. The lowest BCUT2D eigenvalue weighted by Crippen LogP contribution is -2.49. The minimum absolute atomic E-state index is 0.0208. The number of allylic oxidation sites excluding steroid dienone is 3. The number of carboxylic acid groups (broad SMARTS) is 2.